The molecule has 2 aromatic rings. The third-order valence-corrected chi connectivity index (χ3v) is 8.31. The highest BCUT2D eigenvalue weighted by molar-refractivity contribution is 7.89. The summed E-state index contributed by atoms with van der Waals surface area (Å²) in [6.45, 7) is 8.06. The molecule has 0 aromatic heterocycles. The zero-order chi connectivity index (χ0) is 23.5. The van der Waals surface area contributed by atoms with E-state index in [4.69, 9.17) is 0 Å². The topological polar surface area (TPSA) is 69.7 Å². The summed E-state index contributed by atoms with van der Waals surface area (Å²) >= 11 is 0. The van der Waals surface area contributed by atoms with E-state index in [-0.39, 0.29) is 10.8 Å². The molecule has 174 valence electrons. The minimum Gasteiger partial charge on any atom is -0.348 e. The maximum absolute atomic E-state index is 13.4. The molecule has 0 spiro atoms. The molecule has 0 aliphatic carbocycles. The average Bonchev–Trinajstić information content (AvgIpc) is 2.74. The highest BCUT2D eigenvalue weighted by Gasteiger charge is 2.30. The number of nitrogens with one attached hydrogen (secondary N) is 1. The van der Waals surface area contributed by atoms with Crippen LogP contribution >= 0.6 is 0 Å². The molecule has 6 nitrogen and oxygen atoms in total. The van der Waals surface area contributed by atoms with E-state index in [1.807, 2.05) is 46.1 Å². The lowest BCUT2D eigenvalue weighted by molar-refractivity contribution is 0.0950. The molecule has 1 aliphatic rings. The van der Waals surface area contributed by atoms with Gasteiger partial charge in [0.2, 0.25) is 10.0 Å². The first kappa shape index (κ1) is 24.4. The Morgan fingerprint density at radius 2 is 1.72 bits per heavy atom. The summed E-state index contributed by atoms with van der Waals surface area (Å²) in [5.41, 5.74) is 4.09. The van der Waals surface area contributed by atoms with E-state index >= 15 is 0 Å². The molecule has 1 aliphatic heterocycles. The van der Waals surface area contributed by atoms with Crippen molar-refractivity contribution in [2.24, 2.45) is 5.92 Å². The maximum atomic E-state index is 13.4. The van der Waals surface area contributed by atoms with Gasteiger partial charge in [-0.25, -0.2) is 8.42 Å². The SMILES string of the molecule is Cc1cc(C(=O)NCc2ccccc2CN(C)C)cc(S(=O)(=O)N2CCC(C)CC2)c1C. The van der Waals surface area contributed by atoms with E-state index in [0.717, 1.165) is 36.1 Å². The van der Waals surface area contributed by atoms with Crippen LogP contribution in [0.4, 0.5) is 0 Å². The van der Waals surface area contributed by atoms with Crippen LogP contribution < -0.4 is 5.32 Å². The number of aryl methyl sites for hydroxylation is 1. The molecule has 1 saturated heterocycles. The van der Waals surface area contributed by atoms with Gasteiger partial charge in [-0.05, 0) is 81.1 Å². The predicted octanol–water partition coefficient (Wildman–Crippen LogP) is 3.72. The standard InChI is InChI=1S/C25H35N3O3S/c1-18-10-12-28(13-11-18)32(30,31)24-15-23(14-19(2)20(24)3)25(29)26-16-21-8-6-7-9-22(21)17-27(4)5/h6-9,14-15,18H,10-13,16-17H2,1-5H3,(H,26,29). The second-order valence-electron chi connectivity index (χ2n) is 9.19. The number of rotatable bonds is 7. The number of benzene rings is 2. The molecule has 3 rings (SSSR count). The minimum atomic E-state index is -3.63. The second kappa shape index (κ2) is 10.1. The molecule has 1 N–H and O–H groups in total. The number of hydrogen-bond acceptors (Lipinski definition) is 4. The van der Waals surface area contributed by atoms with Gasteiger partial charge in [0.15, 0.2) is 0 Å². The normalized spacial score (nSPS) is 15.8. The van der Waals surface area contributed by atoms with Gasteiger partial charge in [0.05, 0.1) is 4.90 Å². The molecule has 2 aromatic carbocycles. The minimum absolute atomic E-state index is 0.241. The Balaban J connectivity index is 1.82. The van der Waals surface area contributed by atoms with E-state index in [2.05, 4.69) is 23.2 Å². The molecular formula is C25H35N3O3S. The van der Waals surface area contributed by atoms with Gasteiger partial charge in [-0.1, -0.05) is 31.2 Å². The highest BCUT2D eigenvalue weighted by Crippen LogP contribution is 2.28. The van der Waals surface area contributed by atoms with Gasteiger partial charge in [-0.2, -0.15) is 4.31 Å². The third kappa shape index (κ3) is 5.57. The van der Waals surface area contributed by atoms with Crippen molar-refractivity contribution in [2.75, 3.05) is 27.2 Å². The molecule has 0 saturated carbocycles. The van der Waals surface area contributed by atoms with Crippen molar-refractivity contribution < 1.29 is 13.2 Å². The van der Waals surface area contributed by atoms with Gasteiger partial charge in [-0.15, -0.1) is 0 Å². The zero-order valence-electron chi connectivity index (χ0n) is 19.8. The predicted molar refractivity (Wildman–Crippen MR) is 128 cm³/mol. The Bertz CT molecular complexity index is 1070. The lowest BCUT2D eigenvalue weighted by atomic mass is 10.0. The average molecular weight is 458 g/mol. The zero-order valence-corrected chi connectivity index (χ0v) is 20.6. The van der Waals surface area contributed by atoms with Crippen molar-refractivity contribution in [1.29, 1.82) is 0 Å². The summed E-state index contributed by atoms with van der Waals surface area (Å²) in [6, 6.07) is 11.3. The van der Waals surface area contributed by atoms with Crippen LogP contribution in [0.1, 0.15) is 52.4 Å². The third-order valence-electron chi connectivity index (χ3n) is 6.29. The highest BCUT2D eigenvalue weighted by atomic mass is 32.2. The van der Waals surface area contributed by atoms with Gasteiger partial charge in [0.1, 0.15) is 0 Å². The second-order valence-corrected chi connectivity index (χ2v) is 11.1. The molecule has 0 unspecified atom stereocenters. The first-order valence-corrected chi connectivity index (χ1v) is 12.6. The molecule has 0 atom stereocenters. The van der Waals surface area contributed by atoms with Gasteiger partial charge in [-0.3, -0.25) is 4.79 Å². The molecule has 1 amide bonds. The van der Waals surface area contributed by atoms with Crippen molar-refractivity contribution in [1.82, 2.24) is 14.5 Å². The number of amides is 1. The Morgan fingerprint density at radius 1 is 1.09 bits per heavy atom. The number of hydrogen-bond donors (Lipinski definition) is 1. The summed E-state index contributed by atoms with van der Waals surface area (Å²) < 4.78 is 28.3. The van der Waals surface area contributed by atoms with Crippen LogP contribution in [-0.4, -0.2) is 50.7 Å². The molecule has 32 heavy (non-hydrogen) atoms. The molecule has 7 heteroatoms. The summed E-state index contributed by atoms with van der Waals surface area (Å²) in [6.07, 6.45) is 1.73. The lowest BCUT2D eigenvalue weighted by Crippen LogP contribution is -2.38. The largest absolute Gasteiger partial charge is 0.348 e. The van der Waals surface area contributed by atoms with Gasteiger partial charge < -0.3 is 10.2 Å². The molecule has 1 heterocycles. The van der Waals surface area contributed by atoms with E-state index in [0.29, 0.717) is 36.7 Å². The van der Waals surface area contributed by atoms with Crippen LogP contribution in [0.2, 0.25) is 0 Å². The van der Waals surface area contributed by atoms with E-state index in [9.17, 15) is 13.2 Å². The number of sulfonamides is 1. The smallest absolute Gasteiger partial charge is 0.251 e. The van der Waals surface area contributed by atoms with Crippen LogP contribution in [0.15, 0.2) is 41.3 Å². The lowest BCUT2D eigenvalue weighted by Gasteiger charge is -2.30. The van der Waals surface area contributed by atoms with E-state index < -0.39 is 10.0 Å². The molecule has 0 radical (unpaired) electrons. The van der Waals surface area contributed by atoms with Crippen LogP contribution in [0.5, 0.6) is 0 Å². The first-order valence-electron chi connectivity index (χ1n) is 11.2. The monoisotopic (exact) mass is 457 g/mol. The number of carbonyl (C=O) groups is 1. The first-order chi connectivity index (χ1) is 15.1. The summed E-state index contributed by atoms with van der Waals surface area (Å²) in [7, 11) is 0.385. The Hall–Kier alpha value is -2.22. The van der Waals surface area contributed by atoms with E-state index in [1.54, 1.807) is 10.4 Å². The Morgan fingerprint density at radius 3 is 2.34 bits per heavy atom. The van der Waals surface area contributed by atoms with Crippen LogP contribution in [0, 0.1) is 19.8 Å². The van der Waals surface area contributed by atoms with Crippen molar-refractivity contribution in [3.8, 4) is 0 Å². The Labute approximate surface area is 192 Å². The van der Waals surface area contributed by atoms with Crippen molar-refractivity contribution >= 4 is 15.9 Å². The van der Waals surface area contributed by atoms with Gasteiger partial charge >= 0.3 is 0 Å². The van der Waals surface area contributed by atoms with Crippen LogP contribution in [-0.2, 0) is 23.1 Å². The van der Waals surface area contributed by atoms with Crippen LogP contribution in [0.3, 0.4) is 0 Å². The summed E-state index contributed by atoms with van der Waals surface area (Å²) in [5.74, 6) is 0.272. The number of carbonyl (C=O) groups excluding carboxylic acids is 1. The number of nitrogens with zero attached hydrogens (tertiary/aromatic N) is 2. The fraction of sp³-hybridized carbons (Fsp3) is 0.480. The molecule has 1 fully saturated rings. The number of piperidine rings is 1. The van der Waals surface area contributed by atoms with Crippen molar-refractivity contribution in [3.05, 3.63) is 64.2 Å². The molecular weight excluding hydrogens is 422 g/mol. The van der Waals surface area contributed by atoms with Crippen molar-refractivity contribution in [2.45, 2.75) is 51.6 Å². The quantitative estimate of drug-likeness (QED) is 0.688. The summed E-state index contributed by atoms with van der Waals surface area (Å²) in [5, 5.41) is 2.97. The maximum Gasteiger partial charge on any atom is 0.251 e. The molecule has 0 bridgehead atoms. The fourth-order valence-corrected chi connectivity index (χ4v) is 5.89. The fourth-order valence-electron chi connectivity index (χ4n) is 4.09. The van der Waals surface area contributed by atoms with Crippen LogP contribution in [0.25, 0.3) is 0 Å². The van der Waals surface area contributed by atoms with E-state index in [1.165, 1.54) is 6.07 Å². The summed E-state index contributed by atoms with van der Waals surface area (Å²) in [4.78, 5) is 15.3. The van der Waals surface area contributed by atoms with Crippen molar-refractivity contribution in [3.63, 3.8) is 0 Å². The van der Waals surface area contributed by atoms with Gasteiger partial charge in [0, 0.05) is 31.7 Å². The Kier molecular flexibility index (Phi) is 7.75. The van der Waals surface area contributed by atoms with Gasteiger partial charge in [0.25, 0.3) is 5.91 Å².